The highest BCUT2D eigenvalue weighted by molar-refractivity contribution is 4.77. The summed E-state index contributed by atoms with van der Waals surface area (Å²) in [5.74, 6) is 1.59. The first kappa shape index (κ1) is 14.5. The van der Waals surface area contributed by atoms with Crippen LogP contribution in [0.2, 0.25) is 0 Å². The molecule has 0 N–H and O–H groups in total. The second-order valence-electron chi connectivity index (χ2n) is 4.68. The first-order valence-electron chi connectivity index (χ1n) is 6.48. The zero-order valence-electron chi connectivity index (χ0n) is 10.7. The van der Waals surface area contributed by atoms with Crippen molar-refractivity contribution in [1.82, 2.24) is 0 Å². The van der Waals surface area contributed by atoms with E-state index in [-0.39, 0.29) is 0 Å². The maximum atomic E-state index is 3.87. The van der Waals surface area contributed by atoms with Crippen LogP contribution in [0.25, 0.3) is 0 Å². The summed E-state index contributed by atoms with van der Waals surface area (Å²) < 4.78 is 0. The van der Waals surface area contributed by atoms with E-state index in [0.29, 0.717) is 5.92 Å². The molecule has 0 radical (unpaired) electrons. The van der Waals surface area contributed by atoms with Crippen molar-refractivity contribution in [2.75, 3.05) is 0 Å². The zero-order chi connectivity index (χ0) is 11.5. The lowest BCUT2D eigenvalue weighted by atomic mass is 9.88. The number of rotatable bonds is 10. The highest BCUT2D eigenvalue weighted by Crippen LogP contribution is 2.23. The molecule has 0 heteroatoms. The SMILES string of the molecule is C=CCCCCC(CCC)CC(C)C=C. The first-order valence-corrected chi connectivity index (χ1v) is 6.48. The van der Waals surface area contributed by atoms with Gasteiger partial charge in [-0.3, -0.25) is 0 Å². The van der Waals surface area contributed by atoms with Crippen molar-refractivity contribution in [3.63, 3.8) is 0 Å². The molecule has 0 aliphatic carbocycles. The lowest BCUT2D eigenvalue weighted by Crippen LogP contribution is -2.05. The molecule has 0 aromatic heterocycles. The first-order chi connectivity index (χ1) is 7.24. The lowest BCUT2D eigenvalue weighted by Gasteiger charge is -2.18. The van der Waals surface area contributed by atoms with E-state index in [1.54, 1.807) is 0 Å². The van der Waals surface area contributed by atoms with Crippen LogP contribution in [0.3, 0.4) is 0 Å². The van der Waals surface area contributed by atoms with Gasteiger partial charge in [0, 0.05) is 0 Å². The molecule has 0 fully saturated rings. The molecule has 88 valence electrons. The van der Waals surface area contributed by atoms with E-state index in [1.807, 2.05) is 6.08 Å². The maximum Gasteiger partial charge on any atom is -0.0262 e. The average Bonchev–Trinajstić information content (AvgIpc) is 2.24. The Bertz CT molecular complexity index is 157. The summed E-state index contributed by atoms with van der Waals surface area (Å²) in [6.45, 7) is 12.2. The lowest BCUT2D eigenvalue weighted by molar-refractivity contribution is 0.366. The second kappa shape index (κ2) is 10.0. The molecule has 0 bridgehead atoms. The van der Waals surface area contributed by atoms with Gasteiger partial charge in [0.1, 0.15) is 0 Å². The van der Waals surface area contributed by atoms with Crippen LogP contribution in [0.15, 0.2) is 25.3 Å². The largest absolute Gasteiger partial charge is 0.103 e. The van der Waals surface area contributed by atoms with Crippen LogP contribution in [-0.4, -0.2) is 0 Å². The van der Waals surface area contributed by atoms with Crippen molar-refractivity contribution >= 4 is 0 Å². The highest BCUT2D eigenvalue weighted by atomic mass is 14.2. The minimum Gasteiger partial charge on any atom is -0.103 e. The van der Waals surface area contributed by atoms with Crippen LogP contribution < -0.4 is 0 Å². The van der Waals surface area contributed by atoms with E-state index in [9.17, 15) is 0 Å². The van der Waals surface area contributed by atoms with Crippen molar-refractivity contribution < 1.29 is 0 Å². The maximum absolute atomic E-state index is 3.87. The Morgan fingerprint density at radius 2 is 1.87 bits per heavy atom. The third kappa shape index (κ3) is 8.47. The Kier molecular flexibility index (Phi) is 9.67. The van der Waals surface area contributed by atoms with E-state index in [1.165, 1.54) is 44.9 Å². The minimum atomic E-state index is 0.681. The van der Waals surface area contributed by atoms with E-state index < -0.39 is 0 Å². The molecule has 0 aromatic carbocycles. The molecule has 0 saturated carbocycles. The Hall–Kier alpha value is -0.520. The highest BCUT2D eigenvalue weighted by Gasteiger charge is 2.10. The molecule has 0 rings (SSSR count). The van der Waals surface area contributed by atoms with Gasteiger partial charge in [0.15, 0.2) is 0 Å². The number of unbranched alkanes of at least 4 members (excludes halogenated alkanes) is 2. The van der Waals surface area contributed by atoms with E-state index >= 15 is 0 Å². The zero-order valence-corrected chi connectivity index (χ0v) is 10.7. The average molecular weight is 208 g/mol. The van der Waals surface area contributed by atoms with Gasteiger partial charge in [-0.15, -0.1) is 13.2 Å². The fraction of sp³-hybridized carbons (Fsp3) is 0.733. The Morgan fingerprint density at radius 1 is 1.13 bits per heavy atom. The molecule has 0 spiro atoms. The van der Waals surface area contributed by atoms with Crippen LogP contribution in [-0.2, 0) is 0 Å². The van der Waals surface area contributed by atoms with Crippen LogP contribution in [0.5, 0.6) is 0 Å². The van der Waals surface area contributed by atoms with Gasteiger partial charge in [0.05, 0.1) is 0 Å². The molecule has 0 amide bonds. The smallest absolute Gasteiger partial charge is 0.0262 e. The van der Waals surface area contributed by atoms with Crippen molar-refractivity contribution in [2.45, 2.75) is 58.8 Å². The van der Waals surface area contributed by atoms with Gasteiger partial charge in [0.2, 0.25) is 0 Å². The predicted molar refractivity (Wildman–Crippen MR) is 71.0 cm³/mol. The third-order valence-corrected chi connectivity index (χ3v) is 3.08. The summed E-state index contributed by atoms with van der Waals surface area (Å²) in [6.07, 6.45) is 13.4. The third-order valence-electron chi connectivity index (χ3n) is 3.08. The van der Waals surface area contributed by atoms with Gasteiger partial charge in [-0.2, -0.15) is 0 Å². The number of allylic oxidation sites excluding steroid dienone is 2. The van der Waals surface area contributed by atoms with Gasteiger partial charge in [0.25, 0.3) is 0 Å². The van der Waals surface area contributed by atoms with E-state index in [0.717, 1.165) is 5.92 Å². The Morgan fingerprint density at radius 3 is 2.40 bits per heavy atom. The van der Waals surface area contributed by atoms with Gasteiger partial charge >= 0.3 is 0 Å². The van der Waals surface area contributed by atoms with Crippen molar-refractivity contribution in [1.29, 1.82) is 0 Å². The Balaban J connectivity index is 3.71. The topological polar surface area (TPSA) is 0 Å². The monoisotopic (exact) mass is 208 g/mol. The van der Waals surface area contributed by atoms with Crippen LogP contribution in [0.1, 0.15) is 58.8 Å². The van der Waals surface area contributed by atoms with E-state index in [4.69, 9.17) is 0 Å². The van der Waals surface area contributed by atoms with Crippen molar-refractivity contribution in [3.8, 4) is 0 Å². The van der Waals surface area contributed by atoms with Crippen LogP contribution in [0, 0.1) is 11.8 Å². The molecule has 0 heterocycles. The molecule has 2 unspecified atom stereocenters. The summed E-state index contributed by atoms with van der Waals surface area (Å²) in [7, 11) is 0. The quantitative estimate of drug-likeness (QED) is 0.335. The molecule has 0 aromatic rings. The number of hydrogen-bond acceptors (Lipinski definition) is 0. The summed E-state index contributed by atoms with van der Waals surface area (Å²) in [5, 5.41) is 0. The summed E-state index contributed by atoms with van der Waals surface area (Å²) in [6, 6.07) is 0. The van der Waals surface area contributed by atoms with Gasteiger partial charge in [-0.25, -0.2) is 0 Å². The van der Waals surface area contributed by atoms with E-state index in [2.05, 4.69) is 33.1 Å². The molecule has 2 atom stereocenters. The van der Waals surface area contributed by atoms with Crippen LogP contribution >= 0.6 is 0 Å². The van der Waals surface area contributed by atoms with Gasteiger partial charge < -0.3 is 0 Å². The normalized spacial score (nSPS) is 14.5. The second-order valence-corrected chi connectivity index (χ2v) is 4.68. The predicted octanol–water partition coefficient (Wildman–Crippen LogP) is 5.36. The summed E-state index contributed by atoms with van der Waals surface area (Å²) >= 11 is 0. The van der Waals surface area contributed by atoms with Crippen LogP contribution in [0.4, 0.5) is 0 Å². The molecule has 15 heavy (non-hydrogen) atoms. The molecular weight excluding hydrogens is 180 g/mol. The standard InChI is InChI=1S/C15H28/c1-5-8-9-10-12-15(11-6-2)13-14(4)7-3/h5,7,14-15H,1,3,6,8-13H2,2,4H3. The van der Waals surface area contributed by atoms with Gasteiger partial charge in [-0.05, 0) is 31.1 Å². The van der Waals surface area contributed by atoms with Crippen molar-refractivity contribution in [2.24, 2.45) is 11.8 Å². The van der Waals surface area contributed by atoms with Crippen molar-refractivity contribution in [3.05, 3.63) is 25.3 Å². The fourth-order valence-electron chi connectivity index (χ4n) is 2.13. The van der Waals surface area contributed by atoms with Gasteiger partial charge in [-0.1, -0.05) is 51.7 Å². The molecule has 0 aliphatic rings. The molecular formula is C15H28. The fourth-order valence-corrected chi connectivity index (χ4v) is 2.13. The minimum absolute atomic E-state index is 0.681. The number of hydrogen-bond donors (Lipinski definition) is 0. The summed E-state index contributed by atoms with van der Waals surface area (Å²) in [4.78, 5) is 0. The molecule has 0 saturated heterocycles. The summed E-state index contributed by atoms with van der Waals surface area (Å²) in [5.41, 5.74) is 0. The molecule has 0 aliphatic heterocycles. The molecule has 0 nitrogen and oxygen atoms in total. The Labute approximate surface area is 96.5 Å².